The standard InChI is InChI=1S/C14H18BrF2N/c1-8-3-4-9(2)13(5-8)18-14-6-10(15)11(16)7-12(14)17/h6-9,13,18H,3-5H2,1-2H3. The van der Waals surface area contributed by atoms with Crippen LogP contribution in [0.3, 0.4) is 0 Å². The van der Waals surface area contributed by atoms with E-state index >= 15 is 0 Å². The van der Waals surface area contributed by atoms with Crippen molar-refractivity contribution in [2.75, 3.05) is 5.32 Å². The summed E-state index contributed by atoms with van der Waals surface area (Å²) >= 11 is 3.09. The largest absolute Gasteiger partial charge is 0.380 e. The first-order valence-corrected chi connectivity index (χ1v) is 7.17. The van der Waals surface area contributed by atoms with Crippen molar-refractivity contribution in [2.45, 2.75) is 39.2 Å². The fourth-order valence-corrected chi connectivity index (χ4v) is 2.91. The van der Waals surface area contributed by atoms with Crippen molar-refractivity contribution in [3.8, 4) is 0 Å². The summed E-state index contributed by atoms with van der Waals surface area (Å²) in [6.07, 6.45) is 3.42. The molecular weight excluding hydrogens is 300 g/mol. The highest BCUT2D eigenvalue weighted by atomic mass is 79.9. The van der Waals surface area contributed by atoms with Gasteiger partial charge in [0.2, 0.25) is 0 Å². The molecule has 0 radical (unpaired) electrons. The Morgan fingerprint density at radius 1 is 1.17 bits per heavy atom. The normalized spacial score (nSPS) is 28.2. The van der Waals surface area contributed by atoms with E-state index in [2.05, 4.69) is 35.1 Å². The lowest BCUT2D eigenvalue weighted by molar-refractivity contribution is 0.280. The lowest BCUT2D eigenvalue weighted by Crippen LogP contribution is -2.33. The molecule has 1 saturated carbocycles. The second kappa shape index (κ2) is 5.55. The molecule has 0 amide bonds. The van der Waals surface area contributed by atoms with Gasteiger partial charge < -0.3 is 5.32 Å². The molecule has 4 heteroatoms. The first-order chi connectivity index (χ1) is 8.47. The first-order valence-electron chi connectivity index (χ1n) is 6.38. The lowest BCUT2D eigenvalue weighted by Gasteiger charge is -2.34. The summed E-state index contributed by atoms with van der Waals surface area (Å²) in [7, 11) is 0. The number of hydrogen-bond donors (Lipinski definition) is 1. The maximum Gasteiger partial charge on any atom is 0.149 e. The molecule has 1 fully saturated rings. The molecule has 1 N–H and O–H groups in total. The van der Waals surface area contributed by atoms with Crippen LogP contribution in [0.1, 0.15) is 33.1 Å². The van der Waals surface area contributed by atoms with Crippen molar-refractivity contribution in [3.63, 3.8) is 0 Å². The van der Waals surface area contributed by atoms with Crippen LogP contribution in [0.2, 0.25) is 0 Å². The monoisotopic (exact) mass is 317 g/mol. The Bertz CT molecular complexity index is 436. The van der Waals surface area contributed by atoms with Crippen LogP contribution < -0.4 is 5.32 Å². The molecule has 0 bridgehead atoms. The van der Waals surface area contributed by atoms with Gasteiger partial charge in [0.25, 0.3) is 0 Å². The fraction of sp³-hybridized carbons (Fsp3) is 0.571. The van der Waals surface area contributed by atoms with Gasteiger partial charge in [-0.15, -0.1) is 0 Å². The van der Waals surface area contributed by atoms with Crippen LogP contribution in [0, 0.1) is 23.5 Å². The zero-order valence-corrected chi connectivity index (χ0v) is 12.2. The summed E-state index contributed by atoms with van der Waals surface area (Å²) in [6.45, 7) is 4.40. The third kappa shape index (κ3) is 3.02. The molecule has 0 heterocycles. The molecule has 100 valence electrons. The molecule has 0 aliphatic heterocycles. The van der Waals surface area contributed by atoms with E-state index in [9.17, 15) is 8.78 Å². The van der Waals surface area contributed by atoms with Crippen LogP contribution in [0.25, 0.3) is 0 Å². The van der Waals surface area contributed by atoms with E-state index in [1.165, 1.54) is 12.5 Å². The summed E-state index contributed by atoms with van der Waals surface area (Å²) in [5.41, 5.74) is 0.384. The molecule has 3 unspecified atom stereocenters. The maximum atomic E-state index is 13.7. The summed E-state index contributed by atoms with van der Waals surface area (Å²) < 4.78 is 27.1. The average molecular weight is 318 g/mol. The molecule has 0 saturated heterocycles. The Balaban J connectivity index is 2.15. The Hall–Kier alpha value is -0.640. The zero-order chi connectivity index (χ0) is 13.3. The van der Waals surface area contributed by atoms with Crippen LogP contribution >= 0.6 is 15.9 Å². The average Bonchev–Trinajstić information content (AvgIpc) is 2.30. The molecule has 1 aromatic rings. The van der Waals surface area contributed by atoms with Crippen LogP contribution in [0.4, 0.5) is 14.5 Å². The lowest BCUT2D eigenvalue weighted by atomic mass is 9.80. The second-order valence-electron chi connectivity index (χ2n) is 5.39. The molecular formula is C14H18BrF2N. The summed E-state index contributed by atoms with van der Waals surface area (Å²) in [5, 5.41) is 3.23. The Morgan fingerprint density at radius 3 is 2.61 bits per heavy atom. The molecule has 3 atom stereocenters. The van der Waals surface area contributed by atoms with Gasteiger partial charge in [-0.2, -0.15) is 0 Å². The first kappa shape index (κ1) is 13.8. The Kier molecular flexibility index (Phi) is 4.25. The number of nitrogens with one attached hydrogen (secondary N) is 1. The predicted octanol–water partition coefficient (Wildman–Crippen LogP) is 4.96. The van der Waals surface area contributed by atoms with Crippen LogP contribution in [0.15, 0.2) is 16.6 Å². The van der Waals surface area contributed by atoms with Crippen molar-refractivity contribution >= 4 is 21.6 Å². The van der Waals surface area contributed by atoms with Crippen molar-refractivity contribution in [3.05, 3.63) is 28.2 Å². The molecule has 2 rings (SSSR count). The van der Waals surface area contributed by atoms with Crippen molar-refractivity contribution in [1.29, 1.82) is 0 Å². The van der Waals surface area contributed by atoms with Crippen LogP contribution in [-0.2, 0) is 0 Å². The van der Waals surface area contributed by atoms with Gasteiger partial charge in [-0.1, -0.05) is 20.3 Å². The highest BCUT2D eigenvalue weighted by Gasteiger charge is 2.26. The highest BCUT2D eigenvalue weighted by Crippen LogP contribution is 2.32. The summed E-state index contributed by atoms with van der Waals surface area (Å²) in [4.78, 5) is 0. The van der Waals surface area contributed by atoms with Gasteiger partial charge in [-0.3, -0.25) is 0 Å². The molecule has 0 spiro atoms. The quantitative estimate of drug-likeness (QED) is 0.760. The van der Waals surface area contributed by atoms with E-state index < -0.39 is 11.6 Å². The smallest absolute Gasteiger partial charge is 0.149 e. The Labute approximate surface area is 115 Å². The van der Waals surface area contributed by atoms with E-state index in [-0.39, 0.29) is 6.04 Å². The van der Waals surface area contributed by atoms with Crippen LogP contribution in [0.5, 0.6) is 0 Å². The second-order valence-corrected chi connectivity index (χ2v) is 6.25. The fourth-order valence-electron chi connectivity index (χ4n) is 2.57. The predicted molar refractivity (Wildman–Crippen MR) is 73.6 cm³/mol. The van der Waals surface area contributed by atoms with Gasteiger partial charge in [-0.05, 0) is 46.7 Å². The van der Waals surface area contributed by atoms with E-state index in [0.29, 0.717) is 22.0 Å². The number of hydrogen-bond acceptors (Lipinski definition) is 1. The molecule has 1 nitrogen and oxygen atoms in total. The van der Waals surface area contributed by atoms with Gasteiger partial charge in [0, 0.05) is 12.1 Å². The maximum absolute atomic E-state index is 13.7. The number of rotatable bonds is 2. The highest BCUT2D eigenvalue weighted by molar-refractivity contribution is 9.10. The zero-order valence-electron chi connectivity index (χ0n) is 10.6. The minimum absolute atomic E-state index is 0.264. The van der Waals surface area contributed by atoms with Gasteiger partial charge in [-0.25, -0.2) is 8.78 Å². The topological polar surface area (TPSA) is 12.0 Å². The van der Waals surface area contributed by atoms with Crippen molar-refractivity contribution < 1.29 is 8.78 Å². The van der Waals surface area contributed by atoms with E-state index in [1.807, 2.05) is 0 Å². The van der Waals surface area contributed by atoms with E-state index in [0.717, 1.165) is 18.9 Å². The minimum atomic E-state index is -0.567. The molecule has 1 aromatic carbocycles. The van der Waals surface area contributed by atoms with Crippen molar-refractivity contribution in [1.82, 2.24) is 0 Å². The summed E-state index contributed by atoms with van der Waals surface area (Å²) in [6, 6.07) is 2.67. The van der Waals surface area contributed by atoms with Crippen molar-refractivity contribution in [2.24, 2.45) is 11.8 Å². The number of benzene rings is 1. The third-order valence-corrected chi connectivity index (χ3v) is 4.42. The SMILES string of the molecule is CC1CCC(C)C(Nc2cc(Br)c(F)cc2F)C1. The third-order valence-electron chi connectivity index (χ3n) is 3.81. The van der Waals surface area contributed by atoms with E-state index in [1.54, 1.807) is 0 Å². The molecule has 0 aromatic heterocycles. The molecule has 1 aliphatic rings. The van der Waals surface area contributed by atoms with Gasteiger partial charge in [0.1, 0.15) is 11.6 Å². The van der Waals surface area contributed by atoms with Crippen LogP contribution in [-0.4, -0.2) is 6.04 Å². The number of anilines is 1. The van der Waals surface area contributed by atoms with Gasteiger partial charge in [0.15, 0.2) is 0 Å². The molecule has 1 aliphatic carbocycles. The molecule has 18 heavy (non-hydrogen) atoms. The minimum Gasteiger partial charge on any atom is -0.380 e. The van der Waals surface area contributed by atoms with Gasteiger partial charge in [0.05, 0.1) is 10.2 Å². The summed E-state index contributed by atoms with van der Waals surface area (Å²) in [5.74, 6) is 0.0827. The van der Waals surface area contributed by atoms with Gasteiger partial charge >= 0.3 is 0 Å². The van der Waals surface area contributed by atoms with E-state index in [4.69, 9.17) is 0 Å². The Morgan fingerprint density at radius 2 is 1.89 bits per heavy atom. The number of halogens is 3.